The lowest BCUT2D eigenvalue weighted by molar-refractivity contribution is 0.0221. The van der Waals surface area contributed by atoms with Crippen LogP contribution in [0.15, 0.2) is 24.3 Å². The molecule has 0 radical (unpaired) electrons. The first-order valence-electron chi connectivity index (χ1n) is 8.48. The van der Waals surface area contributed by atoms with Crippen molar-refractivity contribution in [2.45, 2.75) is 45.8 Å². The van der Waals surface area contributed by atoms with E-state index in [2.05, 4.69) is 15.6 Å². The van der Waals surface area contributed by atoms with Gasteiger partial charge in [0.05, 0.1) is 17.3 Å². The number of carbonyl (C=O) groups is 1. The van der Waals surface area contributed by atoms with Crippen molar-refractivity contribution in [1.82, 2.24) is 9.55 Å². The molecule has 130 valence electrons. The SMILES string of the molecule is Cc1nc(C(=O)O[C@@H](C)COc2cccc(C#N)c2)c2n1CCCC2. The number of hydrogen-bond donors (Lipinski definition) is 0. The number of aryl methyl sites for hydroxylation is 1. The molecule has 6 nitrogen and oxygen atoms in total. The maximum absolute atomic E-state index is 12.5. The van der Waals surface area contributed by atoms with E-state index in [1.165, 1.54) is 0 Å². The number of ether oxygens (including phenoxy) is 2. The van der Waals surface area contributed by atoms with Crippen molar-refractivity contribution < 1.29 is 14.3 Å². The van der Waals surface area contributed by atoms with E-state index in [1.807, 2.05) is 6.92 Å². The summed E-state index contributed by atoms with van der Waals surface area (Å²) in [5.41, 5.74) is 1.93. The van der Waals surface area contributed by atoms with Crippen molar-refractivity contribution in [2.24, 2.45) is 0 Å². The molecular weight excluding hydrogens is 318 g/mol. The standard InChI is InChI=1S/C19H21N3O3/c1-13(12-24-16-7-5-6-15(10-16)11-20)25-19(23)18-17-8-3-4-9-22(17)14(2)21-18/h5-7,10,13H,3-4,8-9,12H2,1-2H3/t13-/m0/s1. The Kier molecular flexibility index (Phi) is 5.03. The molecule has 0 unspecified atom stereocenters. The maximum Gasteiger partial charge on any atom is 0.359 e. The van der Waals surface area contributed by atoms with Gasteiger partial charge in [-0.25, -0.2) is 9.78 Å². The van der Waals surface area contributed by atoms with E-state index in [0.29, 0.717) is 17.0 Å². The van der Waals surface area contributed by atoms with E-state index in [9.17, 15) is 4.79 Å². The number of fused-ring (bicyclic) bond motifs is 1. The van der Waals surface area contributed by atoms with Crippen LogP contribution in [0.3, 0.4) is 0 Å². The molecule has 0 fully saturated rings. The van der Waals surface area contributed by atoms with Crippen LogP contribution in [0.1, 0.15) is 47.3 Å². The predicted octanol–water partition coefficient (Wildman–Crippen LogP) is 3.02. The van der Waals surface area contributed by atoms with Crippen LogP contribution in [-0.2, 0) is 17.7 Å². The van der Waals surface area contributed by atoms with Gasteiger partial charge >= 0.3 is 5.97 Å². The summed E-state index contributed by atoms with van der Waals surface area (Å²) in [7, 11) is 0. The van der Waals surface area contributed by atoms with Gasteiger partial charge in [-0.05, 0) is 51.3 Å². The second kappa shape index (κ2) is 7.39. The van der Waals surface area contributed by atoms with Crippen molar-refractivity contribution in [1.29, 1.82) is 5.26 Å². The molecule has 0 spiro atoms. The van der Waals surface area contributed by atoms with Crippen LogP contribution >= 0.6 is 0 Å². The molecule has 3 rings (SSSR count). The van der Waals surface area contributed by atoms with Gasteiger partial charge in [-0.15, -0.1) is 0 Å². The molecule has 1 aliphatic heterocycles. The topological polar surface area (TPSA) is 77.1 Å². The largest absolute Gasteiger partial charge is 0.490 e. The smallest absolute Gasteiger partial charge is 0.359 e. The average Bonchev–Trinajstić information content (AvgIpc) is 2.97. The van der Waals surface area contributed by atoms with Gasteiger partial charge in [0.15, 0.2) is 5.69 Å². The quantitative estimate of drug-likeness (QED) is 0.783. The summed E-state index contributed by atoms with van der Waals surface area (Å²) in [6, 6.07) is 8.95. The Labute approximate surface area is 147 Å². The number of hydrogen-bond acceptors (Lipinski definition) is 5. The van der Waals surface area contributed by atoms with E-state index in [0.717, 1.165) is 37.3 Å². The summed E-state index contributed by atoms with van der Waals surface area (Å²) in [6.45, 7) is 4.83. The van der Waals surface area contributed by atoms with E-state index in [4.69, 9.17) is 14.7 Å². The Bertz CT molecular complexity index is 820. The number of aromatic nitrogens is 2. The first kappa shape index (κ1) is 17.0. The third-order valence-electron chi connectivity index (χ3n) is 4.26. The Balaban J connectivity index is 1.60. The lowest BCUT2D eigenvalue weighted by Crippen LogP contribution is -2.23. The summed E-state index contributed by atoms with van der Waals surface area (Å²) in [5.74, 6) is 1.04. The second-order valence-corrected chi connectivity index (χ2v) is 6.23. The first-order valence-corrected chi connectivity index (χ1v) is 8.48. The van der Waals surface area contributed by atoms with Gasteiger partial charge in [-0.1, -0.05) is 6.07 Å². The molecule has 1 aromatic carbocycles. The molecule has 1 aliphatic rings. The molecule has 0 saturated heterocycles. The molecule has 6 heteroatoms. The summed E-state index contributed by atoms with van der Waals surface area (Å²) in [6.07, 6.45) is 2.63. The monoisotopic (exact) mass is 339 g/mol. The Morgan fingerprint density at radius 2 is 2.28 bits per heavy atom. The molecule has 0 saturated carbocycles. The molecule has 2 heterocycles. The molecule has 2 aromatic rings. The molecule has 1 aromatic heterocycles. The number of carbonyl (C=O) groups excluding carboxylic acids is 1. The van der Waals surface area contributed by atoms with Crippen LogP contribution < -0.4 is 4.74 Å². The number of nitrogens with zero attached hydrogens (tertiary/aromatic N) is 3. The van der Waals surface area contributed by atoms with Gasteiger partial charge in [-0.3, -0.25) is 0 Å². The Hall–Kier alpha value is -2.81. The highest BCUT2D eigenvalue weighted by Crippen LogP contribution is 2.21. The number of esters is 1. The summed E-state index contributed by atoms with van der Waals surface area (Å²) in [5, 5.41) is 8.90. The van der Waals surface area contributed by atoms with E-state index < -0.39 is 12.1 Å². The van der Waals surface area contributed by atoms with Crippen LogP contribution in [-0.4, -0.2) is 28.2 Å². The predicted molar refractivity (Wildman–Crippen MR) is 91.4 cm³/mol. The number of benzene rings is 1. The lowest BCUT2D eigenvalue weighted by atomic mass is 10.1. The van der Waals surface area contributed by atoms with Crippen molar-refractivity contribution in [2.75, 3.05) is 6.61 Å². The molecule has 1 atom stereocenters. The van der Waals surface area contributed by atoms with Gasteiger partial charge in [0.1, 0.15) is 24.3 Å². The van der Waals surface area contributed by atoms with Gasteiger partial charge in [0.25, 0.3) is 0 Å². The van der Waals surface area contributed by atoms with E-state index in [-0.39, 0.29) is 6.61 Å². The minimum atomic E-state index is -0.417. The number of rotatable bonds is 5. The third-order valence-corrected chi connectivity index (χ3v) is 4.26. The maximum atomic E-state index is 12.5. The van der Waals surface area contributed by atoms with Gasteiger partial charge in [0.2, 0.25) is 0 Å². The summed E-state index contributed by atoms with van der Waals surface area (Å²) >= 11 is 0. The van der Waals surface area contributed by atoms with Crippen molar-refractivity contribution in [3.8, 4) is 11.8 Å². The zero-order valence-electron chi connectivity index (χ0n) is 14.5. The lowest BCUT2D eigenvalue weighted by Gasteiger charge is -2.17. The average molecular weight is 339 g/mol. The van der Waals surface area contributed by atoms with Gasteiger partial charge in [-0.2, -0.15) is 5.26 Å². The minimum Gasteiger partial charge on any atom is -0.490 e. The zero-order valence-corrected chi connectivity index (χ0v) is 14.5. The van der Waals surface area contributed by atoms with E-state index in [1.54, 1.807) is 31.2 Å². The number of nitriles is 1. The van der Waals surface area contributed by atoms with Crippen molar-refractivity contribution >= 4 is 5.97 Å². The fourth-order valence-electron chi connectivity index (χ4n) is 3.03. The fraction of sp³-hybridized carbons (Fsp3) is 0.421. The van der Waals surface area contributed by atoms with Crippen LogP contribution in [0, 0.1) is 18.3 Å². The minimum absolute atomic E-state index is 0.218. The van der Waals surface area contributed by atoms with Crippen molar-refractivity contribution in [3.05, 3.63) is 47.0 Å². The highest BCUT2D eigenvalue weighted by atomic mass is 16.6. The first-order chi connectivity index (χ1) is 12.1. The van der Waals surface area contributed by atoms with Gasteiger partial charge < -0.3 is 14.0 Å². The molecule has 0 aliphatic carbocycles. The zero-order chi connectivity index (χ0) is 17.8. The fourth-order valence-corrected chi connectivity index (χ4v) is 3.03. The highest BCUT2D eigenvalue weighted by Gasteiger charge is 2.25. The number of imidazole rings is 1. The molecule has 0 N–H and O–H groups in total. The molecular formula is C19H21N3O3. The highest BCUT2D eigenvalue weighted by molar-refractivity contribution is 5.89. The van der Waals surface area contributed by atoms with Crippen molar-refractivity contribution in [3.63, 3.8) is 0 Å². The third kappa shape index (κ3) is 3.82. The second-order valence-electron chi connectivity index (χ2n) is 6.23. The van der Waals surface area contributed by atoms with Crippen LogP contribution in [0.25, 0.3) is 0 Å². The van der Waals surface area contributed by atoms with E-state index >= 15 is 0 Å². The Morgan fingerprint density at radius 3 is 3.08 bits per heavy atom. The summed E-state index contributed by atoms with van der Waals surface area (Å²) < 4.78 is 13.2. The van der Waals surface area contributed by atoms with Gasteiger partial charge in [0, 0.05) is 6.54 Å². The van der Waals surface area contributed by atoms with Crippen LogP contribution in [0.4, 0.5) is 0 Å². The normalized spacial score (nSPS) is 14.3. The molecule has 0 amide bonds. The Morgan fingerprint density at radius 1 is 1.44 bits per heavy atom. The van der Waals surface area contributed by atoms with Crippen LogP contribution in [0.5, 0.6) is 5.75 Å². The molecule has 0 bridgehead atoms. The summed E-state index contributed by atoms with van der Waals surface area (Å²) in [4.78, 5) is 16.9. The molecule has 25 heavy (non-hydrogen) atoms. The van der Waals surface area contributed by atoms with Crippen LogP contribution in [0.2, 0.25) is 0 Å².